The molecule has 0 saturated carbocycles. The number of hydrogen-bond acceptors (Lipinski definition) is 3. The fraction of sp³-hybridized carbons (Fsp3) is 0.364. The standard InChI is InChI=1S/C22H24FN3O2/c1-2-28-21-19(14-17-7-10-24-20(17)25-21)22(27)26-11-8-16(9-12-26)13-15-3-5-18(23)6-4-15/h3-7,10,14,16H,2,8-9,11-13H2,1H3,(H,24,25). The van der Waals surface area contributed by atoms with Gasteiger partial charge in [0.15, 0.2) is 0 Å². The van der Waals surface area contributed by atoms with Crippen LogP contribution in [0.25, 0.3) is 11.0 Å². The van der Waals surface area contributed by atoms with Gasteiger partial charge in [0.2, 0.25) is 5.88 Å². The highest BCUT2D eigenvalue weighted by atomic mass is 19.1. The van der Waals surface area contributed by atoms with Gasteiger partial charge in [-0.2, -0.15) is 4.98 Å². The molecular weight excluding hydrogens is 357 g/mol. The molecule has 1 aliphatic heterocycles. The number of piperidine rings is 1. The van der Waals surface area contributed by atoms with Crippen LogP contribution >= 0.6 is 0 Å². The number of H-pyrrole nitrogens is 1. The summed E-state index contributed by atoms with van der Waals surface area (Å²) < 4.78 is 18.7. The number of ether oxygens (including phenoxy) is 1. The number of hydrogen-bond donors (Lipinski definition) is 1. The molecule has 0 bridgehead atoms. The number of halogens is 1. The predicted octanol–water partition coefficient (Wildman–Crippen LogP) is 4.20. The van der Waals surface area contributed by atoms with Crippen molar-refractivity contribution in [3.8, 4) is 5.88 Å². The second-order valence-electron chi connectivity index (χ2n) is 7.26. The first-order valence-corrected chi connectivity index (χ1v) is 9.78. The van der Waals surface area contributed by atoms with Crippen LogP contribution in [-0.4, -0.2) is 40.5 Å². The van der Waals surface area contributed by atoms with Crippen LogP contribution in [0.2, 0.25) is 0 Å². The zero-order valence-electron chi connectivity index (χ0n) is 16.0. The summed E-state index contributed by atoms with van der Waals surface area (Å²) in [6.45, 7) is 3.76. The molecule has 2 aromatic heterocycles. The molecule has 3 aromatic rings. The smallest absolute Gasteiger partial charge is 0.259 e. The van der Waals surface area contributed by atoms with E-state index in [4.69, 9.17) is 4.74 Å². The SMILES string of the molecule is CCOc1nc2[nH]ccc2cc1C(=O)N1CCC(Cc2ccc(F)cc2)CC1. The first-order valence-electron chi connectivity index (χ1n) is 9.78. The molecule has 1 amide bonds. The van der Waals surface area contributed by atoms with Crippen LogP contribution in [0.4, 0.5) is 4.39 Å². The third-order valence-corrected chi connectivity index (χ3v) is 5.35. The Morgan fingerprint density at radius 1 is 1.25 bits per heavy atom. The first-order chi connectivity index (χ1) is 13.6. The number of carbonyl (C=O) groups is 1. The summed E-state index contributed by atoms with van der Waals surface area (Å²) >= 11 is 0. The Labute approximate surface area is 163 Å². The Bertz CT molecular complexity index is 960. The van der Waals surface area contributed by atoms with Crippen LogP contribution in [0.15, 0.2) is 42.6 Å². The number of aromatic nitrogens is 2. The molecule has 5 nitrogen and oxygen atoms in total. The third kappa shape index (κ3) is 3.86. The molecule has 1 aromatic carbocycles. The van der Waals surface area contributed by atoms with Crippen molar-refractivity contribution in [1.82, 2.24) is 14.9 Å². The van der Waals surface area contributed by atoms with Crippen molar-refractivity contribution in [3.63, 3.8) is 0 Å². The van der Waals surface area contributed by atoms with Gasteiger partial charge in [0.1, 0.15) is 17.0 Å². The molecule has 6 heteroatoms. The molecule has 146 valence electrons. The fourth-order valence-electron chi connectivity index (χ4n) is 3.83. The maximum atomic E-state index is 13.1. The van der Waals surface area contributed by atoms with E-state index in [0.29, 0.717) is 37.1 Å². The van der Waals surface area contributed by atoms with Gasteiger partial charge in [-0.1, -0.05) is 12.1 Å². The van der Waals surface area contributed by atoms with Crippen LogP contribution in [0.1, 0.15) is 35.7 Å². The summed E-state index contributed by atoms with van der Waals surface area (Å²) in [6.07, 6.45) is 4.60. The number of carbonyl (C=O) groups excluding carboxylic acids is 1. The minimum Gasteiger partial charge on any atom is -0.477 e. The van der Waals surface area contributed by atoms with Crippen molar-refractivity contribution in [1.29, 1.82) is 0 Å². The lowest BCUT2D eigenvalue weighted by molar-refractivity contribution is 0.0685. The Balaban J connectivity index is 1.44. The summed E-state index contributed by atoms with van der Waals surface area (Å²) in [5.41, 5.74) is 2.39. The van der Waals surface area contributed by atoms with Crippen LogP contribution < -0.4 is 4.74 Å². The number of aromatic amines is 1. The predicted molar refractivity (Wildman–Crippen MR) is 106 cm³/mol. The van der Waals surface area contributed by atoms with E-state index in [-0.39, 0.29) is 11.7 Å². The molecule has 28 heavy (non-hydrogen) atoms. The Hall–Kier alpha value is -2.89. The van der Waals surface area contributed by atoms with E-state index in [2.05, 4.69) is 9.97 Å². The number of rotatable bonds is 5. The van der Waals surface area contributed by atoms with Gasteiger partial charge in [-0.3, -0.25) is 4.79 Å². The summed E-state index contributed by atoms with van der Waals surface area (Å²) in [4.78, 5) is 22.5. The minimum absolute atomic E-state index is 0.0284. The molecule has 0 unspecified atom stereocenters. The van der Waals surface area contributed by atoms with Crippen LogP contribution in [0.3, 0.4) is 0 Å². The number of fused-ring (bicyclic) bond motifs is 1. The van der Waals surface area contributed by atoms with Gasteiger partial charge >= 0.3 is 0 Å². The van der Waals surface area contributed by atoms with E-state index in [1.54, 1.807) is 0 Å². The monoisotopic (exact) mass is 381 g/mol. The van der Waals surface area contributed by atoms with E-state index < -0.39 is 0 Å². The first kappa shape index (κ1) is 18.5. The summed E-state index contributed by atoms with van der Waals surface area (Å²) in [7, 11) is 0. The highest BCUT2D eigenvalue weighted by Gasteiger charge is 2.26. The zero-order chi connectivity index (χ0) is 19.5. The Kier molecular flexibility index (Phi) is 5.28. The van der Waals surface area contributed by atoms with Gasteiger partial charge in [-0.05, 0) is 61.9 Å². The minimum atomic E-state index is -0.206. The van der Waals surface area contributed by atoms with Gasteiger partial charge in [0.05, 0.1) is 6.61 Å². The average molecular weight is 381 g/mol. The lowest BCUT2D eigenvalue weighted by Gasteiger charge is -2.32. The molecular formula is C22H24FN3O2. The highest BCUT2D eigenvalue weighted by Crippen LogP contribution is 2.27. The van der Waals surface area contributed by atoms with Crippen molar-refractivity contribution in [2.24, 2.45) is 5.92 Å². The summed E-state index contributed by atoms with van der Waals surface area (Å²) in [5.74, 6) is 0.656. The van der Waals surface area contributed by atoms with Crippen molar-refractivity contribution in [2.45, 2.75) is 26.2 Å². The molecule has 1 aliphatic rings. The van der Waals surface area contributed by atoms with Crippen LogP contribution in [0, 0.1) is 11.7 Å². The highest BCUT2D eigenvalue weighted by molar-refractivity contribution is 5.99. The van der Waals surface area contributed by atoms with E-state index in [0.717, 1.165) is 35.9 Å². The van der Waals surface area contributed by atoms with Crippen molar-refractivity contribution in [3.05, 3.63) is 59.5 Å². The number of pyridine rings is 1. The zero-order valence-corrected chi connectivity index (χ0v) is 16.0. The molecule has 0 spiro atoms. The molecule has 0 radical (unpaired) electrons. The molecule has 1 N–H and O–H groups in total. The van der Waals surface area contributed by atoms with Crippen molar-refractivity contribution >= 4 is 16.9 Å². The van der Waals surface area contributed by atoms with Crippen molar-refractivity contribution in [2.75, 3.05) is 19.7 Å². The third-order valence-electron chi connectivity index (χ3n) is 5.35. The van der Waals surface area contributed by atoms with Crippen LogP contribution in [-0.2, 0) is 6.42 Å². The van der Waals surface area contributed by atoms with Gasteiger partial charge in [-0.25, -0.2) is 4.39 Å². The maximum absolute atomic E-state index is 13.1. The summed E-state index contributed by atoms with van der Waals surface area (Å²) in [6, 6.07) is 10.5. The fourth-order valence-corrected chi connectivity index (χ4v) is 3.83. The van der Waals surface area contributed by atoms with Crippen LogP contribution in [0.5, 0.6) is 5.88 Å². The van der Waals surface area contributed by atoms with Crippen molar-refractivity contribution < 1.29 is 13.9 Å². The topological polar surface area (TPSA) is 58.2 Å². The van der Waals surface area contributed by atoms with Gasteiger partial charge < -0.3 is 14.6 Å². The Morgan fingerprint density at radius 2 is 2.00 bits per heavy atom. The number of nitrogens with one attached hydrogen (secondary N) is 1. The van der Waals surface area contributed by atoms with Gasteiger partial charge in [-0.15, -0.1) is 0 Å². The van der Waals surface area contributed by atoms with E-state index in [1.165, 1.54) is 12.1 Å². The maximum Gasteiger partial charge on any atom is 0.259 e. The molecule has 4 rings (SSSR count). The lowest BCUT2D eigenvalue weighted by Crippen LogP contribution is -2.39. The van der Waals surface area contributed by atoms with E-state index in [1.807, 2.05) is 42.3 Å². The second-order valence-corrected chi connectivity index (χ2v) is 7.26. The van der Waals surface area contributed by atoms with E-state index in [9.17, 15) is 9.18 Å². The number of benzene rings is 1. The number of amides is 1. The molecule has 0 aliphatic carbocycles. The Morgan fingerprint density at radius 3 is 2.71 bits per heavy atom. The number of nitrogens with zero attached hydrogens (tertiary/aromatic N) is 2. The summed E-state index contributed by atoms with van der Waals surface area (Å²) in [5, 5.41) is 0.901. The molecule has 0 atom stereocenters. The lowest BCUT2D eigenvalue weighted by atomic mass is 9.90. The molecule has 1 fully saturated rings. The molecule has 3 heterocycles. The normalized spacial score (nSPS) is 15.1. The van der Waals surface area contributed by atoms with Gasteiger partial charge in [0.25, 0.3) is 5.91 Å². The largest absolute Gasteiger partial charge is 0.477 e. The van der Waals surface area contributed by atoms with Gasteiger partial charge in [0, 0.05) is 24.7 Å². The molecule has 1 saturated heterocycles. The second kappa shape index (κ2) is 8.00. The quantitative estimate of drug-likeness (QED) is 0.721. The van der Waals surface area contributed by atoms with E-state index >= 15 is 0 Å². The number of likely N-dealkylation sites (tertiary alicyclic amines) is 1. The average Bonchev–Trinajstić information content (AvgIpc) is 3.17.